The van der Waals surface area contributed by atoms with Crippen molar-refractivity contribution in [3.63, 3.8) is 0 Å². The average Bonchev–Trinajstić information content (AvgIpc) is 2.76. The molecule has 120 valence electrons. The largest absolute Gasteiger partial charge is 0.314 e. The van der Waals surface area contributed by atoms with Gasteiger partial charge in [0, 0.05) is 19.1 Å². The number of rotatable bonds is 5. The SMILES string of the molecule is Cc1n[nH]c(C)c1S(=O)(=O)N1CCCC(CNC(C)C)C1. The third-order valence-electron chi connectivity index (χ3n) is 3.95. The molecule has 1 aliphatic rings. The van der Waals surface area contributed by atoms with Gasteiger partial charge in [0.1, 0.15) is 4.90 Å². The molecular formula is C14H26N4O2S. The van der Waals surface area contributed by atoms with Gasteiger partial charge in [-0.05, 0) is 39.2 Å². The van der Waals surface area contributed by atoms with Gasteiger partial charge in [-0.15, -0.1) is 0 Å². The van der Waals surface area contributed by atoms with Crippen molar-refractivity contribution in [2.75, 3.05) is 19.6 Å². The minimum Gasteiger partial charge on any atom is -0.314 e. The first-order chi connectivity index (χ1) is 9.82. The first kappa shape index (κ1) is 16.5. The molecule has 1 atom stereocenters. The maximum Gasteiger partial charge on any atom is 0.246 e. The molecule has 21 heavy (non-hydrogen) atoms. The predicted molar refractivity (Wildman–Crippen MR) is 82.7 cm³/mol. The van der Waals surface area contributed by atoms with E-state index in [1.54, 1.807) is 18.2 Å². The van der Waals surface area contributed by atoms with E-state index < -0.39 is 10.0 Å². The maximum atomic E-state index is 12.8. The molecule has 1 aromatic heterocycles. The van der Waals surface area contributed by atoms with Gasteiger partial charge in [-0.1, -0.05) is 13.8 Å². The summed E-state index contributed by atoms with van der Waals surface area (Å²) < 4.78 is 27.3. The molecule has 1 aromatic rings. The molecule has 1 saturated heterocycles. The third-order valence-corrected chi connectivity index (χ3v) is 6.08. The lowest BCUT2D eigenvalue weighted by molar-refractivity contribution is 0.256. The van der Waals surface area contributed by atoms with Crippen LogP contribution in [-0.2, 0) is 10.0 Å². The van der Waals surface area contributed by atoms with Crippen LogP contribution in [0.2, 0.25) is 0 Å². The normalized spacial score (nSPS) is 21.1. The Morgan fingerprint density at radius 3 is 2.71 bits per heavy atom. The zero-order valence-electron chi connectivity index (χ0n) is 13.3. The standard InChI is InChI=1S/C14H26N4O2S/c1-10(2)15-8-13-6-5-7-18(9-13)21(19,20)14-11(3)16-17-12(14)4/h10,13,15H,5-9H2,1-4H3,(H,16,17). The Morgan fingerprint density at radius 1 is 1.43 bits per heavy atom. The summed E-state index contributed by atoms with van der Waals surface area (Å²) in [4.78, 5) is 0.347. The molecule has 2 heterocycles. The monoisotopic (exact) mass is 314 g/mol. The summed E-state index contributed by atoms with van der Waals surface area (Å²) in [6, 6.07) is 0.426. The number of aromatic nitrogens is 2. The molecule has 2 N–H and O–H groups in total. The van der Waals surface area contributed by atoms with Gasteiger partial charge in [0.25, 0.3) is 0 Å². The molecule has 0 bridgehead atoms. The van der Waals surface area contributed by atoms with Gasteiger partial charge < -0.3 is 5.32 Å². The Kier molecular flexibility index (Phi) is 5.06. The van der Waals surface area contributed by atoms with Gasteiger partial charge in [-0.2, -0.15) is 9.40 Å². The summed E-state index contributed by atoms with van der Waals surface area (Å²) in [5.74, 6) is 0.378. The predicted octanol–water partition coefficient (Wildman–Crippen LogP) is 1.43. The van der Waals surface area contributed by atoms with Crippen LogP contribution in [0.3, 0.4) is 0 Å². The van der Waals surface area contributed by atoms with Crippen molar-refractivity contribution in [3.8, 4) is 0 Å². The minimum absolute atomic E-state index is 0.347. The molecule has 6 nitrogen and oxygen atoms in total. The van der Waals surface area contributed by atoms with E-state index in [0.29, 0.717) is 41.3 Å². The highest BCUT2D eigenvalue weighted by atomic mass is 32.2. The lowest BCUT2D eigenvalue weighted by Gasteiger charge is -2.32. The van der Waals surface area contributed by atoms with Crippen LogP contribution in [0.15, 0.2) is 4.90 Å². The van der Waals surface area contributed by atoms with Gasteiger partial charge in [-0.3, -0.25) is 5.10 Å². The van der Waals surface area contributed by atoms with Crippen molar-refractivity contribution >= 4 is 10.0 Å². The first-order valence-corrected chi connectivity index (χ1v) is 9.01. The van der Waals surface area contributed by atoms with Crippen LogP contribution < -0.4 is 5.32 Å². The molecule has 1 unspecified atom stereocenters. The van der Waals surface area contributed by atoms with Crippen LogP contribution in [0, 0.1) is 19.8 Å². The smallest absolute Gasteiger partial charge is 0.246 e. The molecule has 0 saturated carbocycles. The number of nitrogens with zero attached hydrogens (tertiary/aromatic N) is 2. The molecule has 0 aromatic carbocycles. The first-order valence-electron chi connectivity index (χ1n) is 7.57. The van der Waals surface area contributed by atoms with Gasteiger partial charge in [0.05, 0.1) is 11.4 Å². The molecule has 0 aliphatic carbocycles. The van der Waals surface area contributed by atoms with Gasteiger partial charge >= 0.3 is 0 Å². The van der Waals surface area contributed by atoms with E-state index in [9.17, 15) is 8.42 Å². The van der Waals surface area contributed by atoms with Crippen molar-refractivity contribution in [1.29, 1.82) is 0 Å². The van der Waals surface area contributed by atoms with Gasteiger partial charge in [0.15, 0.2) is 0 Å². The zero-order valence-corrected chi connectivity index (χ0v) is 14.1. The van der Waals surface area contributed by atoms with E-state index >= 15 is 0 Å². The Labute approximate surface area is 127 Å². The van der Waals surface area contributed by atoms with Crippen LogP contribution in [0.4, 0.5) is 0 Å². The lowest BCUT2D eigenvalue weighted by atomic mass is 9.99. The summed E-state index contributed by atoms with van der Waals surface area (Å²) in [6.07, 6.45) is 1.99. The van der Waals surface area contributed by atoms with E-state index in [2.05, 4.69) is 29.4 Å². The summed E-state index contributed by atoms with van der Waals surface area (Å²) in [5, 5.41) is 10.2. The Bertz CT molecular complexity index is 560. The Hall–Kier alpha value is -0.920. The van der Waals surface area contributed by atoms with Gasteiger partial charge in [0.2, 0.25) is 10.0 Å². The Balaban J connectivity index is 2.13. The molecule has 0 spiro atoms. The van der Waals surface area contributed by atoms with E-state index in [0.717, 1.165) is 19.4 Å². The third kappa shape index (κ3) is 3.64. The summed E-state index contributed by atoms with van der Waals surface area (Å²) in [6.45, 7) is 9.77. The van der Waals surface area contributed by atoms with E-state index in [4.69, 9.17) is 0 Å². The Morgan fingerprint density at radius 2 is 2.14 bits per heavy atom. The van der Waals surface area contributed by atoms with Crippen LogP contribution >= 0.6 is 0 Å². The number of aryl methyl sites for hydroxylation is 2. The molecule has 2 rings (SSSR count). The maximum absolute atomic E-state index is 12.8. The zero-order chi connectivity index (χ0) is 15.6. The van der Waals surface area contributed by atoms with Crippen molar-refractivity contribution in [3.05, 3.63) is 11.4 Å². The number of piperidine rings is 1. The van der Waals surface area contributed by atoms with Crippen molar-refractivity contribution < 1.29 is 8.42 Å². The molecule has 0 amide bonds. The number of sulfonamides is 1. The number of hydrogen-bond acceptors (Lipinski definition) is 4. The second-order valence-corrected chi connectivity index (χ2v) is 8.07. The van der Waals surface area contributed by atoms with Crippen LogP contribution in [0.25, 0.3) is 0 Å². The van der Waals surface area contributed by atoms with Crippen molar-refractivity contribution in [2.24, 2.45) is 5.92 Å². The van der Waals surface area contributed by atoms with E-state index in [1.807, 2.05) is 0 Å². The van der Waals surface area contributed by atoms with E-state index in [1.165, 1.54) is 0 Å². The molecular weight excluding hydrogens is 288 g/mol. The van der Waals surface area contributed by atoms with Gasteiger partial charge in [-0.25, -0.2) is 8.42 Å². The highest BCUT2D eigenvalue weighted by Gasteiger charge is 2.33. The van der Waals surface area contributed by atoms with Crippen molar-refractivity contribution in [2.45, 2.75) is 51.5 Å². The fourth-order valence-electron chi connectivity index (χ4n) is 2.86. The summed E-state index contributed by atoms with van der Waals surface area (Å²) in [7, 11) is -3.44. The number of nitrogens with one attached hydrogen (secondary N) is 2. The minimum atomic E-state index is -3.44. The van der Waals surface area contributed by atoms with Crippen LogP contribution in [0.5, 0.6) is 0 Å². The highest BCUT2D eigenvalue weighted by molar-refractivity contribution is 7.89. The van der Waals surface area contributed by atoms with Crippen LogP contribution in [0.1, 0.15) is 38.1 Å². The summed E-state index contributed by atoms with van der Waals surface area (Å²) in [5.41, 5.74) is 1.17. The quantitative estimate of drug-likeness (QED) is 0.862. The number of aromatic amines is 1. The fraction of sp³-hybridized carbons (Fsp3) is 0.786. The fourth-order valence-corrected chi connectivity index (χ4v) is 4.75. The highest BCUT2D eigenvalue weighted by Crippen LogP contribution is 2.26. The second-order valence-electron chi connectivity index (χ2n) is 6.20. The average molecular weight is 314 g/mol. The molecule has 1 fully saturated rings. The van der Waals surface area contributed by atoms with E-state index in [-0.39, 0.29) is 0 Å². The lowest BCUT2D eigenvalue weighted by Crippen LogP contribution is -2.43. The summed E-state index contributed by atoms with van der Waals surface area (Å²) >= 11 is 0. The molecule has 1 aliphatic heterocycles. The topological polar surface area (TPSA) is 78.1 Å². The molecule has 7 heteroatoms. The van der Waals surface area contributed by atoms with Crippen LogP contribution in [-0.4, -0.2) is 48.6 Å². The number of H-pyrrole nitrogens is 1. The second kappa shape index (κ2) is 6.46. The number of hydrogen-bond donors (Lipinski definition) is 2. The molecule has 0 radical (unpaired) electrons. The van der Waals surface area contributed by atoms with Crippen molar-refractivity contribution in [1.82, 2.24) is 19.8 Å².